The van der Waals surface area contributed by atoms with E-state index in [0.717, 1.165) is 12.0 Å². The van der Waals surface area contributed by atoms with Gasteiger partial charge in [-0.15, -0.1) is 0 Å². The summed E-state index contributed by atoms with van der Waals surface area (Å²) in [5.41, 5.74) is 2.68. The number of hydrogen-bond acceptors (Lipinski definition) is 5. The predicted octanol–water partition coefficient (Wildman–Crippen LogP) is 3.13. The summed E-state index contributed by atoms with van der Waals surface area (Å²) in [5.74, 6) is 0.0488. The number of amides is 1. The van der Waals surface area contributed by atoms with Gasteiger partial charge in [-0.1, -0.05) is 25.1 Å². The van der Waals surface area contributed by atoms with Crippen molar-refractivity contribution >= 4 is 17.6 Å². The fourth-order valence-corrected chi connectivity index (χ4v) is 2.26. The third-order valence-corrected chi connectivity index (χ3v) is 3.68. The number of hydrogen-bond donors (Lipinski definition) is 1. The number of methoxy groups -OCH3 is 1. The second-order valence-corrected chi connectivity index (χ2v) is 5.70. The highest BCUT2D eigenvalue weighted by Gasteiger charge is 2.11. The molecule has 0 saturated heterocycles. The summed E-state index contributed by atoms with van der Waals surface area (Å²) in [6.45, 7) is 3.31. The molecule has 2 aromatic rings. The number of carbonyl (C=O) groups excluding carboxylic acids is 2. The number of aryl methyl sites for hydroxylation is 2. The monoisotopic (exact) mass is 357 g/mol. The van der Waals surface area contributed by atoms with Crippen molar-refractivity contribution in [2.75, 3.05) is 25.6 Å². The van der Waals surface area contributed by atoms with Crippen LogP contribution in [0.25, 0.3) is 0 Å². The highest BCUT2D eigenvalue weighted by Crippen LogP contribution is 2.25. The molecule has 0 aliphatic heterocycles. The largest absolute Gasteiger partial charge is 0.495 e. The first-order valence-electron chi connectivity index (χ1n) is 8.33. The van der Waals surface area contributed by atoms with Crippen LogP contribution in [0.2, 0.25) is 0 Å². The zero-order chi connectivity index (χ0) is 18.9. The number of ether oxygens (including phenoxy) is 3. The third-order valence-electron chi connectivity index (χ3n) is 3.68. The van der Waals surface area contributed by atoms with Crippen LogP contribution in [0.1, 0.15) is 18.1 Å². The molecule has 0 bridgehead atoms. The van der Waals surface area contributed by atoms with E-state index >= 15 is 0 Å². The van der Waals surface area contributed by atoms with Crippen LogP contribution in [0, 0.1) is 6.92 Å². The van der Waals surface area contributed by atoms with Crippen LogP contribution in [0.4, 0.5) is 5.69 Å². The van der Waals surface area contributed by atoms with Crippen LogP contribution in [0.15, 0.2) is 42.5 Å². The minimum Gasteiger partial charge on any atom is -0.495 e. The molecule has 0 radical (unpaired) electrons. The highest BCUT2D eigenvalue weighted by molar-refractivity contribution is 5.94. The summed E-state index contributed by atoms with van der Waals surface area (Å²) in [6.07, 6.45) is 0.934. The van der Waals surface area contributed by atoms with E-state index in [0.29, 0.717) is 17.2 Å². The Balaban J connectivity index is 1.77. The zero-order valence-corrected chi connectivity index (χ0v) is 15.2. The molecule has 2 rings (SSSR count). The minimum absolute atomic E-state index is 0.257. The first-order valence-corrected chi connectivity index (χ1v) is 8.33. The van der Waals surface area contributed by atoms with E-state index in [9.17, 15) is 9.59 Å². The lowest BCUT2D eigenvalue weighted by Crippen LogP contribution is -2.23. The van der Waals surface area contributed by atoms with Crippen LogP contribution in [0.5, 0.6) is 11.5 Å². The number of nitrogens with one attached hydrogen (secondary N) is 1. The standard InChI is InChI=1S/C20H23NO5/c1-4-15-6-8-16(9-7-15)25-13-20(23)26-12-19(22)21-17-11-14(2)5-10-18(17)24-3/h5-11H,4,12-13H2,1-3H3,(H,21,22). The summed E-state index contributed by atoms with van der Waals surface area (Å²) in [5, 5.41) is 2.66. The molecule has 0 aliphatic carbocycles. The topological polar surface area (TPSA) is 73.9 Å². The van der Waals surface area contributed by atoms with Gasteiger partial charge in [0, 0.05) is 0 Å². The lowest BCUT2D eigenvalue weighted by atomic mass is 10.2. The van der Waals surface area contributed by atoms with Gasteiger partial charge in [-0.05, 0) is 48.7 Å². The molecule has 1 amide bonds. The van der Waals surface area contributed by atoms with Gasteiger partial charge >= 0.3 is 5.97 Å². The fourth-order valence-electron chi connectivity index (χ4n) is 2.26. The van der Waals surface area contributed by atoms with Crippen LogP contribution >= 0.6 is 0 Å². The molecule has 0 spiro atoms. The van der Waals surface area contributed by atoms with Crippen molar-refractivity contribution in [2.45, 2.75) is 20.3 Å². The van der Waals surface area contributed by atoms with Crippen LogP contribution in [-0.4, -0.2) is 32.2 Å². The summed E-state index contributed by atoms with van der Waals surface area (Å²) in [6, 6.07) is 12.9. The molecule has 0 unspecified atom stereocenters. The van der Waals surface area contributed by atoms with Gasteiger partial charge in [-0.25, -0.2) is 4.79 Å². The Labute approximate surface area is 153 Å². The molecule has 0 fully saturated rings. The Bertz CT molecular complexity index is 755. The quantitative estimate of drug-likeness (QED) is 0.735. The maximum absolute atomic E-state index is 12.0. The van der Waals surface area contributed by atoms with Gasteiger partial charge in [0.1, 0.15) is 11.5 Å². The van der Waals surface area contributed by atoms with Crippen molar-refractivity contribution in [3.8, 4) is 11.5 Å². The third kappa shape index (κ3) is 5.81. The average molecular weight is 357 g/mol. The van der Waals surface area contributed by atoms with Gasteiger partial charge in [0.2, 0.25) is 0 Å². The van der Waals surface area contributed by atoms with Gasteiger partial charge < -0.3 is 19.5 Å². The number of carbonyl (C=O) groups is 2. The number of rotatable bonds is 8. The van der Waals surface area contributed by atoms with E-state index in [1.54, 1.807) is 24.3 Å². The van der Waals surface area contributed by atoms with Crippen molar-refractivity contribution < 1.29 is 23.8 Å². The molecule has 26 heavy (non-hydrogen) atoms. The molecule has 0 aliphatic rings. The van der Waals surface area contributed by atoms with Gasteiger partial charge in [0.05, 0.1) is 12.8 Å². The molecule has 0 heterocycles. The first-order chi connectivity index (χ1) is 12.5. The van der Waals surface area contributed by atoms with Crippen molar-refractivity contribution in [3.05, 3.63) is 53.6 Å². The molecule has 6 heteroatoms. The zero-order valence-electron chi connectivity index (χ0n) is 15.2. The van der Waals surface area contributed by atoms with E-state index in [4.69, 9.17) is 14.2 Å². The molecule has 1 N–H and O–H groups in total. The summed E-state index contributed by atoms with van der Waals surface area (Å²) >= 11 is 0. The second-order valence-electron chi connectivity index (χ2n) is 5.70. The van der Waals surface area contributed by atoms with E-state index in [1.807, 2.05) is 25.1 Å². The summed E-state index contributed by atoms with van der Waals surface area (Å²) in [7, 11) is 1.52. The first kappa shape index (κ1) is 19.3. The van der Waals surface area contributed by atoms with Gasteiger partial charge in [0.15, 0.2) is 13.2 Å². The average Bonchev–Trinajstić information content (AvgIpc) is 2.65. The maximum Gasteiger partial charge on any atom is 0.344 e. The van der Waals surface area contributed by atoms with Gasteiger partial charge in [-0.2, -0.15) is 0 Å². The Morgan fingerprint density at radius 2 is 1.77 bits per heavy atom. The Morgan fingerprint density at radius 1 is 1.04 bits per heavy atom. The SMILES string of the molecule is CCc1ccc(OCC(=O)OCC(=O)Nc2cc(C)ccc2OC)cc1. The minimum atomic E-state index is -0.615. The molecule has 0 saturated carbocycles. The number of esters is 1. The predicted molar refractivity (Wildman–Crippen MR) is 98.6 cm³/mol. The summed E-state index contributed by atoms with van der Waals surface area (Å²) < 4.78 is 15.5. The van der Waals surface area contributed by atoms with E-state index in [1.165, 1.54) is 12.7 Å². The van der Waals surface area contributed by atoms with Crippen molar-refractivity contribution in [2.24, 2.45) is 0 Å². The highest BCUT2D eigenvalue weighted by atomic mass is 16.6. The molecule has 0 atom stereocenters. The molecule has 2 aromatic carbocycles. The number of anilines is 1. The Hall–Kier alpha value is -3.02. The molecular weight excluding hydrogens is 334 g/mol. The second kappa shape index (κ2) is 9.46. The van der Waals surface area contributed by atoms with E-state index in [-0.39, 0.29) is 6.61 Å². The van der Waals surface area contributed by atoms with Gasteiger partial charge in [-0.3, -0.25) is 4.79 Å². The molecular formula is C20H23NO5. The maximum atomic E-state index is 12.0. The number of benzene rings is 2. The van der Waals surface area contributed by atoms with Gasteiger partial charge in [0.25, 0.3) is 5.91 Å². The van der Waals surface area contributed by atoms with E-state index < -0.39 is 18.5 Å². The van der Waals surface area contributed by atoms with Crippen molar-refractivity contribution in [1.29, 1.82) is 0 Å². The van der Waals surface area contributed by atoms with Crippen molar-refractivity contribution in [3.63, 3.8) is 0 Å². The fraction of sp³-hybridized carbons (Fsp3) is 0.300. The lowest BCUT2D eigenvalue weighted by Gasteiger charge is -2.11. The normalized spacial score (nSPS) is 10.1. The Kier molecular flexibility index (Phi) is 7.02. The van der Waals surface area contributed by atoms with Crippen LogP contribution in [0.3, 0.4) is 0 Å². The molecule has 0 aromatic heterocycles. The lowest BCUT2D eigenvalue weighted by molar-refractivity contribution is -0.149. The van der Waals surface area contributed by atoms with Crippen molar-refractivity contribution in [1.82, 2.24) is 0 Å². The van der Waals surface area contributed by atoms with E-state index in [2.05, 4.69) is 12.2 Å². The Morgan fingerprint density at radius 3 is 2.42 bits per heavy atom. The van der Waals surface area contributed by atoms with Crippen LogP contribution < -0.4 is 14.8 Å². The van der Waals surface area contributed by atoms with Crippen LogP contribution in [-0.2, 0) is 20.7 Å². The molecule has 138 valence electrons. The smallest absolute Gasteiger partial charge is 0.344 e. The summed E-state index contributed by atoms with van der Waals surface area (Å²) in [4.78, 5) is 23.7. The molecule has 6 nitrogen and oxygen atoms in total.